The normalized spacial score (nSPS) is 12.6. The Balaban J connectivity index is 1.59. The Kier molecular flexibility index (Phi) is 6.12. The van der Waals surface area contributed by atoms with Crippen LogP contribution in [0.15, 0.2) is 46.9 Å². The van der Waals surface area contributed by atoms with Crippen LogP contribution < -0.4 is 5.32 Å². The highest BCUT2D eigenvalue weighted by Gasteiger charge is 2.26. The first-order chi connectivity index (χ1) is 15.6. The molecule has 7 nitrogen and oxygen atoms in total. The lowest BCUT2D eigenvalue weighted by Gasteiger charge is -2.22. The van der Waals surface area contributed by atoms with E-state index in [9.17, 15) is 9.59 Å². The number of ether oxygens (including phenoxy) is 2. The van der Waals surface area contributed by atoms with Gasteiger partial charge < -0.3 is 19.2 Å². The van der Waals surface area contributed by atoms with Crippen molar-refractivity contribution in [3.8, 4) is 10.8 Å². The molecule has 0 bridgehead atoms. The lowest BCUT2D eigenvalue weighted by molar-refractivity contribution is -0.143. The molecule has 0 aliphatic heterocycles. The molecule has 0 aliphatic carbocycles. The number of methoxy groups -OCH3 is 1. The van der Waals surface area contributed by atoms with Gasteiger partial charge >= 0.3 is 12.1 Å². The first-order valence-corrected chi connectivity index (χ1v) is 11.4. The van der Waals surface area contributed by atoms with Crippen LogP contribution in [0.5, 0.6) is 0 Å². The van der Waals surface area contributed by atoms with E-state index in [0.717, 1.165) is 16.0 Å². The van der Waals surface area contributed by atoms with Gasteiger partial charge in [0.25, 0.3) is 0 Å². The predicted molar refractivity (Wildman–Crippen MR) is 128 cm³/mol. The number of carbonyl (C=O) groups is 2. The van der Waals surface area contributed by atoms with Crippen LogP contribution in [0.25, 0.3) is 32.0 Å². The van der Waals surface area contributed by atoms with E-state index in [4.69, 9.17) is 18.9 Å². The standard InChI is InChI=1S/C25H26N2O5S/c1-14-16-8-6-7-9-20(16)33-21(14)22-26-17-12-15(10-11-19(17)31-22)13-18(23(28)30-5)27-24(29)32-25(2,3)4/h6-12,18H,13H2,1-5H3,(H,27,29)/t18-/m0/s1. The number of hydrogen-bond donors (Lipinski definition) is 1. The summed E-state index contributed by atoms with van der Waals surface area (Å²) in [5.74, 6) is 0.0138. The van der Waals surface area contributed by atoms with Crippen LogP contribution in [0.4, 0.5) is 4.79 Å². The molecule has 0 spiro atoms. The molecule has 1 atom stereocenters. The number of fused-ring (bicyclic) bond motifs is 2. The van der Waals surface area contributed by atoms with Crippen molar-refractivity contribution in [2.24, 2.45) is 0 Å². The van der Waals surface area contributed by atoms with Crippen LogP contribution >= 0.6 is 11.3 Å². The topological polar surface area (TPSA) is 90.7 Å². The molecule has 33 heavy (non-hydrogen) atoms. The van der Waals surface area contributed by atoms with Crippen LogP contribution in [-0.4, -0.2) is 35.8 Å². The number of esters is 1. The number of rotatable bonds is 5. The monoisotopic (exact) mass is 466 g/mol. The molecule has 0 saturated carbocycles. The summed E-state index contributed by atoms with van der Waals surface area (Å²) in [7, 11) is 1.28. The smallest absolute Gasteiger partial charge is 0.408 e. The number of hydrogen-bond acceptors (Lipinski definition) is 7. The number of oxazole rings is 1. The molecule has 2 aromatic carbocycles. The number of amides is 1. The summed E-state index contributed by atoms with van der Waals surface area (Å²) in [6.07, 6.45) is -0.450. The third-order valence-corrected chi connectivity index (χ3v) is 6.37. The van der Waals surface area contributed by atoms with Crippen molar-refractivity contribution in [2.45, 2.75) is 45.8 Å². The predicted octanol–water partition coefficient (Wildman–Crippen LogP) is 5.63. The fourth-order valence-electron chi connectivity index (χ4n) is 3.60. The Hall–Kier alpha value is -3.39. The second kappa shape index (κ2) is 8.86. The molecule has 0 saturated heterocycles. The third-order valence-electron chi connectivity index (χ3n) is 5.11. The molecule has 4 aromatic rings. The summed E-state index contributed by atoms with van der Waals surface area (Å²) < 4.78 is 17.4. The first-order valence-electron chi connectivity index (χ1n) is 10.6. The number of aryl methyl sites for hydroxylation is 1. The molecular weight excluding hydrogens is 440 g/mol. The van der Waals surface area contributed by atoms with E-state index in [2.05, 4.69) is 24.4 Å². The number of alkyl carbamates (subject to hydrolysis) is 1. The van der Waals surface area contributed by atoms with Crippen LogP contribution in [-0.2, 0) is 20.7 Å². The van der Waals surface area contributed by atoms with Crippen LogP contribution in [0.1, 0.15) is 31.9 Å². The maximum atomic E-state index is 12.3. The van der Waals surface area contributed by atoms with Crippen molar-refractivity contribution in [3.05, 3.63) is 53.6 Å². The number of nitrogens with zero attached hydrogens (tertiary/aromatic N) is 1. The Morgan fingerprint density at radius 2 is 1.94 bits per heavy atom. The van der Waals surface area contributed by atoms with Gasteiger partial charge in [-0.25, -0.2) is 14.6 Å². The summed E-state index contributed by atoms with van der Waals surface area (Å²) in [5, 5.41) is 3.79. The van der Waals surface area contributed by atoms with Gasteiger partial charge in [-0.15, -0.1) is 11.3 Å². The van der Waals surface area contributed by atoms with Gasteiger partial charge in [-0.3, -0.25) is 0 Å². The number of aromatic nitrogens is 1. The summed E-state index contributed by atoms with van der Waals surface area (Å²) in [4.78, 5) is 30.1. The molecule has 2 aromatic heterocycles. The van der Waals surface area contributed by atoms with E-state index in [-0.39, 0.29) is 6.42 Å². The largest absolute Gasteiger partial charge is 0.467 e. The van der Waals surface area contributed by atoms with Gasteiger partial charge in [0.15, 0.2) is 5.58 Å². The molecule has 4 rings (SSSR count). The summed E-state index contributed by atoms with van der Waals surface area (Å²) >= 11 is 1.65. The number of nitrogens with one attached hydrogen (secondary N) is 1. The molecule has 1 amide bonds. The maximum absolute atomic E-state index is 12.3. The molecule has 0 fully saturated rings. The van der Waals surface area contributed by atoms with Gasteiger partial charge in [-0.2, -0.15) is 0 Å². The second-order valence-electron chi connectivity index (χ2n) is 8.80. The zero-order chi connectivity index (χ0) is 23.8. The number of thiophene rings is 1. The van der Waals surface area contributed by atoms with E-state index in [1.165, 1.54) is 17.2 Å². The van der Waals surface area contributed by atoms with Crippen molar-refractivity contribution in [1.29, 1.82) is 0 Å². The van der Waals surface area contributed by atoms with Gasteiger partial charge in [0.1, 0.15) is 17.2 Å². The number of benzene rings is 2. The van der Waals surface area contributed by atoms with Crippen molar-refractivity contribution in [1.82, 2.24) is 10.3 Å². The van der Waals surface area contributed by atoms with Crippen molar-refractivity contribution in [3.63, 3.8) is 0 Å². The number of carbonyl (C=O) groups excluding carboxylic acids is 2. The van der Waals surface area contributed by atoms with Crippen molar-refractivity contribution >= 4 is 44.6 Å². The van der Waals surface area contributed by atoms with Crippen LogP contribution in [0.2, 0.25) is 0 Å². The molecule has 0 aliphatic rings. The fraction of sp³-hybridized carbons (Fsp3) is 0.320. The zero-order valence-corrected chi connectivity index (χ0v) is 20.0. The minimum Gasteiger partial charge on any atom is -0.467 e. The van der Waals surface area contributed by atoms with Gasteiger partial charge in [0.05, 0.1) is 12.0 Å². The third kappa shape index (κ3) is 5.01. The van der Waals surface area contributed by atoms with E-state index in [1.807, 2.05) is 30.3 Å². The second-order valence-corrected chi connectivity index (χ2v) is 9.85. The lowest BCUT2D eigenvalue weighted by atomic mass is 10.1. The van der Waals surface area contributed by atoms with Crippen molar-refractivity contribution in [2.75, 3.05) is 7.11 Å². The van der Waals surface area contributed by atoms with E-state index in [1.54, 1.807) is 32.1 Å². The van der Waals surface area contributed by atoms with Gasteiger partial charge in [-0.1, -0.05) is 24.3 Å². The highest BCUT2D eigenvalue weighted by molar-refractivity contribution is 7.22. The van der Waals surface area contributed by atoms with Crippen LogP contribution in [0.3, 0.4) is 0 Å². The lowest BCUT2D eigenvalue weighted by Crippen LogP contribution is -2.45. The van der Waals surface area contributed by atoms with E-state index in [0.29, 0.717) is 17.0 Å². The first kappa shape index (κ1) is 22.8. The highest BCUT2D eigenvalue weighted by atomic mass is 32.1. The van der Waals surface area contributed by atoms with E-state index >= 15 is 0 Å². The van der Waals surface area contributed by atoms with Crippen molar-refractivity contribution < 1.29 is 23.5 Å². The average Bonchev–Trinajstić information content (AvgIpc) is 3.32. The molecule has 0 radical (unpaired) electrons. The Morgan fingerprint density at radius 1 is 1.18 bits per heavy atom. The fourth-order valence-corrected chi connectivity index (χ4v) is 4.73. The maximum Gasteiger partial charge on any atom is 0.408 e. The quantitative estimate of drug-likeness (QED) is 0.384. The van der Waals surface area contributed by atoms with E-state index < -0.39 is 23.7 Å². The Bertz CT molecular complexity index is 1330. The summed E-state index contributed by atoms with van der Waals surface area (Å²) in [6.45, 7) is 7.34. The summed E-state index contributed by atoms with van der Waals surface area (Å²) in [5.41, 5.74) is 2.60. The molecule has 8 heteroatoms. The highest BCUT2D eigenvalue weighted by Crippen LogP contribution is 2.38. The Morgan fingerprint density at radius 3 is 2.64 bits per heavy atom. The van der Waals surface area contributed by atoms with Gasteiger partial charge in [0, 0.05) is 11.1 Å². The molecule has 172 valence electrons. The molecule has 2 heterocycles. The van der Waals surface area contributed by atoms with Gasteiger partial charge in [0.2, 0.25) is 5.89 Å². The average molecular weight is 467 g/mol. The minimum absolute atomic E-state index is 0.228. The minimum atomic E-state index is -0.890. The summed E-state index contributed by atoms with van der Waals surface area (Å²) in [6, 6.07) is 12.9. The van der Waals surface area contributed by atoms with Crippen LogP contribution in [0, 0.1) is 6.92 Å². The van der Waals surface area contributed by atoms with Gasteiger partial charge in [-0.05, 0) is 62.4 Å². The Labute approximate surface area is 195 Å². The molecule has 0 unspecified atom stereocenters. The molecule has 1 N–H and O–H groups in total. The zero-order valence-electron chi connectivity index (χ0n) is 19.2. The molecular formula is C25H26N2O5S. The SMILES string of the molecule is COC(=O)[C@H](Cc1ccc2oc(-c3sc4ccccc4c3C)nc2c1)NC(=O)OC(C)(C)C.